The second-order valence-electron chi connectivity index (χ2n) is 7.51. The molecule has 3 aromatic rings. The lowest BCUT2D eigenvalue weighted by Gasteiger charge is -2.31. The van der Waals surface area contributed by atoms with Crippen molar-refractivity contribution < 1.29 is 26.8 Å². The summed E-state index contributed by atoms with van der Waals surface area (Å²) in [6.07, 6.45) is -2.76. The SMILES string of the molecule is O=C(c1cccc(C(F)(F)F)c1)N1CCCC(c2nnc(Cc3ccc(F)cc3)o2)C1. The van der Waals surface area contributed by atoms with E-state index < -0.39 is 17.6 Å². The zero-order valence-electron chi connectivity index (χ0n) is 16.4. The Morgan fingerprint density at radius 2 is 1.90 bits per heavy atom. The van der Waals surface area contributed by atoms with E-state index in [0.29, 0.717) is 31.2 Å². The monoisotopic (exact) mass is 433 g/mol. The van der Waals surface area contributed by atoms with Gasteiger partial charge in [-0.2, -0.15) is 13.2 Å². The Morgan fingerprint density at radius 3 is 2.65 bits per heavy atom. The molecule has 1 fully saturated rings. The van der Waals surface area contributed by atoms with Crippen LogP contribution < -0.4 is 0 Å². The maximum atomic E-state index is 13.0. The lowest BCUT2D eigenvalue weighted by molar-refractivity contribution is -0.137. The van der Waals surface area contributed by atoms with Crippen LogP contribution in [0, 0.1) is 5.82 Å². The Bertz CT molecular complexity index is 1060. The van der Waals surface area contributed by atoms with Crippen LogP contribution in [0.3, 0.4) is 0 Å². The standard InChI is InChI=1S/C22H19F4N3O2/c23-18-8-6-14(7-9-18)11-19-27-28-20(31-19)16-4-2-10-29(13-16)21(30)15-3-1-5-17(12-15)22(24,25)26/h1,3,5-9,12,16H,2,4,10-11,13H2. The number of hydrogen-bond acceptors (Lipinski definition) is 4. The van der Waals surface area contributed by atoms with E-state index in [1.54, 1.807) is 12.1 Å². The normalized spacial score (nSPS) is 17.0. The average molecular weight is 433 g/mol. The molecule has 0 N–H and O–H groups in total. The van der Waals surface area contributed by atoms with Crippen LogP contribution >= 0.6 is 0 Å². The molecule has 2 heterocycles. The molecule has 2 aromatic carbocycles. The minimum Gasteiger partial charge on any atom is -0.425 e. The second-order valence-corrected chi connectivity index (χ2v) is 7.51. The zero-order valence-corrected chi connectivity index (χ0v) is 16.4. The number of amides is 1. The molecule has 162 valence electrons. The molecule has 1 aliphatic rings. The van der Waals surface area contributed by atoms with Gasteiger partial charge in [-0.3, -0.25) is 4.79 Å². The first kappa shape index (κ1) is 21.0. The number of benzene rings is 2. The van der Waals surface area contributed by atoms with Gasteiger partial charge in [0.25, 0.3) is 5.91 Å². The largest absolute Gasteiger partial charge is 0.425 e. The van der Waals surface area contributed by atoms with E-state index in [-0.39, 0.29) is 23.8 Å². The smallest absolute Gasteiger partial charge is 0.416 e. The maximum absolute atomic E-state index is 13.0. The number of nitrogens with zero attached hydrogens (tertiary/aromatic N) is 3. The van der Waals surface area contributed by atoms with Crippen LogP contribution in [-0.4, -0.2) is 34.1 Å². The molecule has 1 amide bonds. The zero-order chi connectivity index (χ0) is 22.0. The molecule has 0 spiro atoms. The highest BCUT2D eigenvalue weighted by Gasteiger charge is 2.33. The van der Waals surface area contributed by atoms with E-state index in [2.05, 4.69) is 10.2 Å². The van der Waals surface area contributed by atoms with Crippen LogP contribution in [0.5, 0.6) is 0 Å². The summed E-state index contributed by atoms with van der Waals surface area (Å²) in [5.41, 5.74) is -0.0335. The molecule has 0 radical (unpaired) electrons. The molecule has 0 bridgehead atoms. The van der Waals surface area contributed by atoms with Crippen molar-refractivity contribution in [2.24, 2.45) is 0 Å². The van der Waals surface area contributed by atoms with Gasteiger partial charge in [-0.15, -0.1) is 10.2 Å². The van der Waals surface area contributed by atoms with Gasteiger partial charge in [0.1, 0.15) is 5.82 Å². The number of hydrogen-bond donors (Lipinski definition) is 0. The van der Waals surface area contributed by atoms with Gasteiger partial charge in [-0.25, -0.2) is 4.39 Å². The predicted molar refractivity (Wildman–Crippen MR) is 103 cm³/mol. The fraction of sp³-hybridized carbons (Fsp3) is 0.318. The second kappa shape index (κ2) is 8.49. The highest BCUT2D eigenvalue weighted by Crippen LogP contribution is 2.31. The molecule has 1 aromatic heterocycles. The molecule has 1 atom stereocenters. The van der Waals surface area contributed by atoms with Crippen molar-refractivity contribution in [3.63, 3.8) is 0 Å². The van der Waals surface area contributed by atoms with Crippen molar-refractivity contribution in [1.29, 1.82) is 0 Å². The summed E-state index contributed by atoms with van der Waals surface area (Å²) < 4.78 is 57.7. The highest BCUT2D eigenvalue weighted by atomic mass is 19.4. The molecule has 0 saturated carbocycles. The number of carbonyl (C=O) groups excluding carboxylic acids is 1. The van der Waals surface area contributed by atoms with Crippen LogP contribution in [0.25, 0.3) is 0 Å². The summed E-state index contributed by atoms with van der Waals surface area (Å²) in [6.45, 7) is 0.732. The van der Waals surface area contributed by atoms with Gasteiger partial charge in [-0.05, 0) is 48.7 Å². The summed E-state index contributed by atoms with van der Waals surface area (Å²) >= 11 is 0. The van der Waals surface area contributed by atoms with Crippen molar-refractivity contribution in [1.82, 2.24) is 15.1 Å². The van der Waals surface area contributed by atoms with Gasteiger partial charge >= 0.3 is 6.18 Å². The van der Waals surface area contributed by atoms with Gasteiger partial charge in [-0.1, -0.05) is 18.2 Å². The molecule has 5 nitrogen and oxygen atoms in total. The van der Waals surface area contributed by atoms with Crippen molar-refractivity contribution in [2.75, 3.05) is 13.1 Å². The molecular weight excluding hydrogens is 414 g/mol. The Kier molecular flexibility index (Phi) is 5.75. The first-order valence-corrected chi connectivity index (χ1v) is 9.83. The van der Waals surface area contributed by atoms with Crippen LogP contribution in [0.1, 0.15) is 52.0 Å². The first-order chi connectivity index (χ1) is 14.8. The van der Waals surface area contributed by atoms with E-state index in [1.165, 1.54) is 29.2 Å². The number of halogens is 4. The molecule has 9 heteroatoms. The number of carbonyl (C=O) groups is 1. The van der Waals surface area contributed by atoms with Gasteiger partial charge in [0, 0.05) is 18.7 Å². The number of likely N-dealkylation sites (tertiary alicyclic amines) is 1. The van der Waals surface area contributed by atoms with Crippen LogP contribution in [0.4, 0.5) is 17.6 Å². The Morgan fingerprint density at radius 1 is 1.13 bits per heavy atom. The minimum absolute atomic E-state index is 0.00185. The Balaban J connectivity index is 1.45. The van der Waals surface area contributed by atoms with E-state index in [4.69, 9.17) is 4.42 Å². The highest BCUT2D eigenvalue weighted by molar-refractivity contribution is 5.94. The fourth-order valence-electron chi connectivity index (χ4n) is 3.65. The number of alkyl halides is 3. The lowest BCUT2D eigenvalue weighted by Crippen LogP contribution is -2.39. The average Bonchev–Trinajstić information content (AvgIpc) is 3.23. The molecule has 1 saturated heterocycles. The molecule has 4 rings (SSSR count). The predicted octanol–water partition coefficient (Wildman–Crippen LogP) is 4.84. The summed E-state index contributed by atoms with van der Waals surface area (Å²) in [6, 6.07) is 10.4. The van der Waals surface area contributed by atoms with Crippen LogP contribution in [-0.2, 0) is 12.6 Å². The van der Waals surface area contributed by atoms with Crippen molar-refractivity contribution in [3.05, 3.63) is 82.8 Å². The van der Waals surface area contributed by atoms with Crippen molar-refractivity contribution >= 4 is 5.91 Å². The molecule has 0 aliphatic carbocycles. The maximum Gasteiger partial charge on any atom is 0.416 e. The van der Waals surface area contributed by atoms with E-state index in [1.807, 2.05) is 0 Å². The van der Waals surface area contributed by atoms with Crippen molar-refractivity contribution in [2.45, 2.75) is 31.4 Å². The summed E-state index contributed by atoms with van der Waals surface area (Å²) in [5.74, 6) is -0.218. The van der Waals surface area contributed by atoms with E-state index in [0.717, 1.165) is 24.1 Å². The third-order valence-electron chi connectivity index (χ3n) is 5.25. The Labute approximate surface area is 175 Å². The van der Waals surface area contributed by atoms with Gasteiger partial charge in [0.15, 0.2) is 0 Å². The number of aromatic nitrogens is 2. The third kappa shape index (κ3) is 4.92. The minimum atomic E-state index is -4.51. The fourth-order valence-corrected chi connectivity index (χ4v) is 3.65. The lowest BCUT2D eigenvalue weighted by atomic mass is 9.97. The molecule has 31 heavy (non-hydrogen) atoms. The topological polar surface area (TPSA) is 59.2 Å². The van der Waals surface area contributed by atoms with Crippen LogP contribution in [0.2, 0.25) is 0 Å². The van der Waals surface area contributed by atoms with Gasteiger partial charge in [0.05, 0.1) is 17.9 Å². The van der Waals surface area contributed by atoms with E-state index >= 15 is 0 Å². The summed E-state index contributed by atoms with van der Waals surface area (Å²) in [5, 5.41) is 8.13. The quantitative estimate of drug-likeness (QED) is 0.553. The summed E-state index contributed by atoms with van der Waals surface area (Å²) in [7, 11) is 0. The number of piperidine rings is 1. The molecule has 1 unspecified atom stereocenters. The molecular formula is C22H19F4N3O2. The summed E-state index contributed by atoms with van der Waals surface area (Å²) in [4.78, 5) is 14.3. The van der Waals surface area contributed by atoms with Gasteiger partial charge in [0.2, 0.25) is 11.8 Å². The van der Waals surface area contributed by atoms with Crippen molar-refractivity contribution in [3.8, 4) is 0 Å². The Hall–Kier alpha value is -3.23. The first-order valence-electron chi connectivity index (χ1n) is 9.83. The van der Waals surface area contributed by atoms with Crippen LogP contribution in [0.15, 0.2) is 52.9 Å². The van der Waals surface area contributed by atoms with E-state index in [9.17, 15) is 22.4 Å². The van der Waals surface area contributed by atoms with Gasteiger partial charge < -0.3 is 9.32 Å². The number of rotatable bonds is 4. The third-order valence-corrected chi connectivity index (χ3v) is 5.25. The molecule has 1 aliphatic heterocycles.